The smallest absolute Gasteiger partial charge is 0.237 e. The normalized spacial score (nSPS) is 11.2. The number of nitrogens with one attached hydrogen (secondary N) is 1. The summed E-state index contributed by atoms with van der Waals surface area (Å²) in [4.78, 5) is 12.3. The first-order valence-electron chi connectivity index (χ1n) is 7.35. The third-order valence-electron chi connectivity index (χ3n) is 3.52. The first-order valence-corrected chi connectivity index (χ1v) is 9.13. The number of halogens is 1. The number of benzene rings is 2. The molecule has 2 heterocycles. The van der Waals surface area contributed by atoms with Gasteiger partial charge in [-0.1, -0.05) is 38.9 Å². The summed E-state index contributed by atoms with van der Waals surface area (Å²) < 4.78 is 6.35. The van der Waals surface area contributed by atoms with Crippen LogP contribution in [0.2, 0.25) is 0 Å². The third-order valence-corrected chi connectivity index (χ3v) is 4.91. The van der Waals surface area contributed by atoms with Gasteiger partial charge >= 0.3 is 0 Å². The molecule has 24 heavy (non-hydrogen) atoms. The molecule has 0 saturated carbocycles. The molecule has 0 aliphatic carbocycles. The second-order valence-corrected chi connectivity index (χ2v) is 7.25. The van der Waals surface area contributed by atoms with Crippen LogP contribution < -0.4 is 0 Å². The molecule has 0 atom stereocenters. The van der Waals surface area contributed by atoms with E-state index in [1.54, 1.807) is 11.8 Å². The maximum atomic E-state index is 5.33. The summed E-state index contributed by atoms with van der Waals surface area (Å²) in [5.74, 6) is 1.75. The van der Waals surface area contributed by atoms with Crippen molar-refractivity contribution >= 4 is 38.7 Å². The number of aryl methyl sites for hydroxylation is 1. The topological polar surface area (TPSA) is 67.6 Å². The van der Waals surface area contributed by atoms with Crippen LogP contribution in [0.15, 0.2) is 56.6 Å². The van der Waals surface area contributed by atoms with Crippen molar-refractivity contribution in [2.45, 2.75) is 17.8 Å². The van der Waals surface area contributed by atoms with Gasteiger partial charge in [-0.15, -0.1) is 0 Å². The van der Waals surface area contributed by atoms with E-state index in [1.165, 1.54) is 5.56 Å². The Morgan fingerprint density at radius 3 is 2.79 bits per heavy atom. The number of H-pyrrole nitrogens is 1. The molecule has 1 N–H and O–H groups in total. The lowest BCUT2D eigenvalue weighted by Crippen LogP contribution is -1.83. The Hall–Kier alpha value is -2.12. The molecule has 4 aromatic rings. The van der Waals surface area contributed by atoms with Gasteiger partial charge in [0.2, 0.25) is 11.7 Å². The SMILES string of the molecule is Cc1ccc2nc(SCc3nc(-c4ccc(Br)cc4)no3)[nH]c2c1. The molecule has 4 rings (SSSR count). The Labute approximate surface area is 151 Å². The highest BCUT2D eigenvalue weighted by molar-refractivity contribution is 9.10. The van der Waals surface area contributed by atoms with Gasteiger partial charge in [-0.2, -0.15) is 4.98 Å². The van der Waals surface area contributed by atoms with Crippen LogP contribution in [0.1, 0.15) is 11.5 Å². The first kappa shape index (κ1) is 15.4. The fourth-order valence-corrected chi connectivity index (χ4v) is 3.32. The van der Waals surface area contributed by atoms with Crippen LogP contribution in [-0.4, -0.2) is 20.1 Å². The van der Waals surface area contributed by atoms with Crippen molar-refractivity contribution < 1.29 is 4.52 Å². The lowest BCUT2D eigenvalue weighted by atomic mass is 10.2. The van der Waals surface area contributed by atoms with Crippen LogP contribution in [0.4, 0.5) is 0 Å². The van der Waals surface area contributed by atoms with Crippen LogP contribution in [0.5, 0.6) is 0 Å². The van der Waals surface area contributed by atoms with Gasteiger partial charge in [-0.05, 0) is 48.9 Å². The minimum absolute atomic E-state index is 0.572. The summed E-state index contributed by atoms with van der Waals surface area (Å²) in [6, 6.07) is 14.0. The molecule has 0 aliphatic rings. The molecule has 5 nitrogen and oxygen atoms in total. The predicted molar refractivity (Wildman–Crippen MR) is 97.8 cm³/mol. The van der Waals surface area contributed by atoms with Gasteiger partial charge in [-0.25, -0.2) is 4.98 Å². The van der Waals surface area contributed by atoms with E-state index >= 15 is 0 Å². The third kappa shape index (κ3) is 3.22. The molecule has 0 amide bonds. The van der Waals surface area contributed by atoms with Crippen molar-refractivity contribution in [1.29, 1.82) is 0 Å². The zero-order valence-electron chi connectivity index (χ0n) is 12.8. The number of aromatic nitrogens is 4. The largest absolute Gasteiger partial charge is 0.338 e. The van der Waals surface area contributed by atoms with Crippen molar-refractivity contribution in [2.75, 3.05) is 0 Å². The van der Waals surface area contributed by atoms with Crippen molar-refractivity contribution in [3.8, 4) is 11.4 Å². The number of imidazole rings is 1. The van der Waals surface area contributed by atoms with Crippen LogP contribution in [0.3, 0.4) is 0 Å². The van der Waals surface area contributed by atoms with Crippen LogP contribution in [0.25, 0.3) is 22.4 Å². The standard InChI is InChI=1S/C17H13BrN4OS/c1-10-2-7-13-14(8-10)20-17(19-13)24-9-15-21-16(22-23-15)11-3-5-12(18)6-4-11/h2-8H,9H2,1H3,(H,19,20). The molecule has 0 radical (unpaired) electrons. The number of thioether (sulfide) groups is 1. The van der Waals surface area contributed by atoms with Crippen LogP contribution in [0, 0.1) is 6.92 Å². The van der Waals surface area contributed by atoms with E-state index in [1.807, 2.05) is 30.3 Å². The molecule has 7 heteroatoms. The molecule has 0 bridgehead atoms. The lowest BCUT2D eigenvalue weighted by molar-refractivity contribution is 0.391. The van der Waals surface area contributed by atoms with Crippen LogP contribution >= 0.6 is 27.7 Å². The Kier molecular flexibility index (Phi) is 4.12. The first-order chi connectivity index (χ1) is 11.7. The molecule has 120 valence electrons. The highest BCUT2D eigenvalue weighted by atomic mass is 79.9. The Bertz CT molecular complexity index is 993. The number of hydrogen-bond donors (Lipinski definition) is 1. The molecule has 2 aromatic carbocycles. The van der Waals surface area contributed by atoms with Crippen molar-refractivity contribution in [2.24, 2.45) is 0 Å². The molecule has 2 aromatic heterocycles. The van der Waals surface area contributed by atoms with E-state index in [2.05, 4.69) is 55.1 Å². The molecular weight excluding hydrogens is 388 g/mol. The molecular formula is C17H13BrN4OS. The molecule has 0 fully saturated rings. The fourth-order valence-electron chi connectivity index (χ4n) is 2.33. The minimum Gasteiger partial charge on any atom is -0.338 e. The second-order valence-electron chi connectivity index (χ2n) is 5.37. The number of aromatic amines is 1. The maximum Gasteiger partial charge on any atom is 0.237 e. The number of nitrogens with zero attached hydrogens (tertiary/aromatic N) is 3. The van der Waals surface area contributed by atoms with Gasteiger partial charge < -0.3 is 9.51 Å². The minimum atomic E-state index is 0.572. The molecule has 0 saturated heterocycles. The van der Waals surface area contributed by atoms with Crippen molar-refractivity contribution in [3.63, 3.8) is 0 Å². The van der Waals surface area contributed by atoms with E-state index < -0.39 is 0 Å². The fraction of sp³-hybridized carbons (Fsp3) is 0.118. The highest BCUT2D eigenvalue weighted by Crippen LogP contribution is 2.25. The van der Waals surface area contributed by atoms with Gasteiger partial charge in [0.25, 0.3) is 0 Å². The summed E-state index contributed by atoms with van der Waals surface area (Å²) in [5, 5.41) is 4.88. The Morgan fingerprint density at radius 2 is 1.96 bits per heavy atom. The van der Waals surface area contributed by atoms with Gasteiger partial charge in [0, 0.05) is 10.0 Å². The average Bonchev–Trinajstić information content (AvgIpc) is 3.19. The van der Waals surface area contributed by atoms with E-state index in [9.17, 15) is 0 Å². The van der Waals surface area contributed by atoms with Gasteiger partial charge in [-0.3, -0.25) is 0 Å². The van der Waals surface area contributed by atoms with E-state index in [-0.39, 0.29) is 0 Å². The molecule has 0 spiro atoms. The van der Waals surface area contributed by atoms with Gasteiger partial charge in [0.1, 0.15) is 0 Å². The quantitative estimate of drug-likeness (QED) is 0.489. The summed E-state index contributed by atoms with van der Waals surface area (Å²) in [6.07, 6.45) is 0. The monoisotopic (exact) mass is 400 g/mol. The lowest BCUT2D eigenvalue weighted by Gasteiger charge is -1.93. The zero-order valence-corrected chi connectivity index (χ0v) is 15.2. The van der Waals surface area contributed by atoms with Gasteiger partial charge in [0.05, 0.1) is 16.8 Å². The Balaban J connectivity index is 1.48. The zero-order chi connectivity index (χ0) is 16.5. The summed E-state index contributed by atoms with van der Waals surface area (Å²) in [6.45, 7) is 2.06. The van der Waals surface area contributed by atoms with E-state index in [4.69, 9.17) is 4.52 Å². The summed E-state index contributed by atoms with van der Waals surface area (Å²) in [5.41, 5.74) is 4.14. The number of hydrogen-bond acceptors (Lipinski definition) is 5. The number of fused-ring (bicyclic) bond motifs is 1. The van der Waals surface area contributed by atoms with Gasteiger partial charge in [0.15, 0.2) is 5.16 Å². The molecule has 0 aliphatic heterocycles. The van der Waals surface area contributed by atoms with Crippen molar-refractivity contribution in [3.05, 3.63) is 58.4 Å². The maximum absolute atomic E-state index is 5.33. The Morgan fingerprint density at radius 1 is 1.12 bits per heavy atom. The summed E-state index contributed by atoms with van der Waals surface area (Å²) in [7, 11) is 0. The highest BCUT2D eigenvalue weighted by Gasteiger charge is 2.10. The van der Waals surface area contributed by atoms with Crippen LogP contribution in [-0.2, 0) is 5.75 Å². The predicted octanol–water partition coefficient (Wildman–Crippen LogP) is 4.98. The van der Waals surface area contributed by atoms with E-state index in [0.29, 0.717) is 17.5 Å². The average molecular weight is 401 g/mol. The molecule has 0 unspecified atom stereocenters. The van der Waals surface area contributed by atoms with Crippen molar-refractivity contribution in [1.82, 2.24) is 20.1 Å². The van der Waals surface area contributed by atoms with E-state index in [0.717, 1.165) is 26.2 Å². The number of rotatable bonds is 4. The second kappa shape index (κ2) is 6.41. The summed E-state index contributed by atoms with van der Waals surface area (Å²) >= 11 is 4.96.